The lowest BCUT2D eigenvalue weighted by Crippen LogP contribution is -2.26. The van der Waals surface area contributed by atoms with E-state index in [1.54, 1.807) is 11.3 Å². The van der Waals surface area contributed by atoms with Gasteiger partial charge < -0.3 is 10.6 Å². The minimum absolute atomic E-state index is 0.889. The molecule has 1 aromatic rings. The lowest BCUT2D eigenvalue weighted by molar-refractivity contribution is 0.636. The minimum Gasteiger partial charge on any atom is -0.312 e. The molecule has 0 unspecified atom stereocenters. The molecule has 0 bridgehead atoms. The van der Waals surface area contributed by atoms with Crippen LogP contribution in [0.5, 0.6) is 0 Å². The zero-order valence-electron chi connectivity index (χ0n) is 7.75. The molecule has 3 heteroatoms. The summed E-state index contributed by atoms with van der Waals surface area (Å²) in [4.78, 5) is 0. The van der Waals surface area contributed by atoms with Gasteiger partial charge in [0.1, 0.15) is 0 Å². The van der Waals surface area contributed by atoms with Gasteiger partial charge in [0.2, 0.25) is 0 Å². The summed E-state index contributed by atoms with van der Waals surface area (Å²) >= 11 is 1.74. The maximum Gasteiger partial charge on any atom is 0.0214 e. The van der Waals surface area contributed by atoms with Gasteiger partial charge in [0.25, 0.3) is 0 Å². The molecule has 0 aromatic carbocycles. The second-order valence-electron chi connectivity index (χ2n) is 2.80. The number of nitrogens with one attached hydrogen (secondary N) is 2. The van der Waals surface area contributed by atoms with Crippen LogP contribution >= 0.6 is 11.3 Å². The highest BCUT2D eigenvalue weighted by molar-refractivity contribution is 7.07. The maximum absolute atomic E-state index is 3.64. The van der Waals surface area contributed by atoms with E-state index in [1.165, 1.54) is 5.56 Å². The fourth-order valence-corrected chi connectivity index (χ4v) is 1.68. The number of hydrogen-bond donors (Lipinski definition) is 2. The van der Waals surface area contributed by atoms with E-state index < -0.39 is 0 Å². The Morgan fingerprint density at radius 3 is 2.92 bits per heavy atom. The highest BCUT2D eigenvalue weighted by atomic mass is 32.1. The van der Waals surface area contributed by atoms with Crippen LogP contribution in [0.2, 0.25) is 0 Å². The molecular weight excluding hydrogens is 180 g/mol. The molecule has 72 valence electrons. The van der Waals surface area contributed by atoms with E-state index in [9.17, 15) is 0 Å². The lowest BCUT2D eigenvalue weighted by Gasteiger charge is -2.03. The first-order valence-electron chi connectivity index (χ1n) is 4.47. The largest absolute Gasteiger partial charge is 0.312 e. The average Bonchev–Trinajstić information content (AvgIpc) is 2.63. The van der Waals surface area contributed by atoms with Crippen molar-refractivity contribution in [1.82, 2.24) is 10.6 Å². The average molecular weight is 196 g/mol. The van der Waals surface area contributed by atoms with Gasteiger partial charge >= 0.3 is 0 Å². The van der Waals surface area contributed by atoms with Gasteiger partial charge in [-0.2, -0.15) is 11.3 Å². The predicted octanol–water partition coefficient (Wildman–Crippen LogP) is 1.61. The Labute approximate surface area is 83.7 Å². The molecular formula is C10H16N2S. The summed E-state index contributed by atoms with van der Waals surface area (Å²) in [6, 6.07) is 2.15. The van der Waals surface area contributed by atoms with Gasteiger partial charge in [0, 0.05) is 26.2 Å². The van der Waals surface area contributed by atoms with Crippen LogP contribution in [0.1, 0.15) is 5.56 Å². The molecule has 0 saturated heterocycles. The first-order chi connectivity index (χ1) is 6.43. The molecule has 1 heterocycles. The summed E-state index contributed by atoms with van der Waals surface area (Å²) < 4.78 is 0. The summed E-state index contributed by atoms with van der Waals surface area (Å²) in [5.74, 6) is 0. The lowest BCUT2D eigenvalue weighted by atomic mass is 10.3. The second kappa shape index (κ2) is 6.83. The van der Waals surface area contributed by atoms with Crippen LogP contribution in [-0.4, -0.2) is 19.6 Å². The smallest absolute Gasteiger partial charge is 0.0214 e. The standard InChI is InChI=1S/C10H16N2S/c1-2-4-11-5-6-12-8-10-3-7-13-9-10/h2-3,7,9,11-12H,1,4-6,8H2. The van der Waals surface area contributed by atoms with Crippen molar-refractivity contribution in [1.29, 1.82) is 0 Å². The summed E-state index contributed by atoms with van der Waals surface area (Å²) in [6.07, 6.45) is 1.87. The number of rotatable bonds is 7. The Morgan fingerprint density at radius 2 is 2.23 bits per heavy atom. The Balaban J connectivity index is 1.93. The molecule has 0 aliphatic rings. The van der Waals surface area contributed by atoms with E-state index in [4.69, 9.17) is 0 Å². The fraction of sp³-hybridized carbons (Fsp3) is 0.400. The van der Waals surface area contributed by atoms with Crippen LogP contribution in [0.3, 0.4) is 0 Å². The maximum atomic E-state index is 3.64. The summed E-state index contributed by atoms with van der Waals surface area (Å²) in [6.45, 7) is 7.50. The van der Waals surface area contributed by atoms with Crippen LogP contribution in [-0.2, 0) is 6.54 Å². The number of thiophene rings is 1. The first-order valence-corrected chi connectivity index (χ1v) is 5.41. The molecule has 13 heavy (non-hydrogen) atoms. The SMILES string of the molecule is C=CCNCCNCc1ccsc1. The molecule has 2 nitrogen and oxygen atoms in total. The highest BCUT2D eigenvalue weighted by Gasteiger charge is 1.90. The van der Waals surface area contributed by atoms with E-state index in [2.05, 4.69) is 34.0 Å². The third-order valence-corrected chi connectivity index (χ3v) is 2.41. The van der Waals surface area contributed by atoms with E-state index in [1.807, 2.05) is 6.08 Å². The van der Waals surface area contributed by atoms with Gasteiger partial charge in [0.05, 0.1) is 0 Å². The third kappa shape index (κ3) is 4.83. The summed E-state index contributed by atoms with van der Waals surface area (Å²) in [5, 5.41) is 10.9. The fourth-order valence-electron chi connectivity index (χ4n) is 1.01. The Kier molecular flexibility index (Phi) is 5.49. The predicted molar refractivity (Wildman–Crippen MR) is 59.1 cm³/mol. The Hall–Kier alpha value is -0.640. The third-order valence-electron chi connectivity index (χ3n) is 1.68. The molecule has 0 aliphatic carbocycles. The van der Waals surface area contributed by atoms with Crippen molar-refractivity contribution in [3.63, 3.8) is 0 Å². The van der Waals surface area contributed by atoms with Gasteiger partial charge in [-0.3, -0.25) is 0 Å². The second-order valence-corrected chi connectivity index (χ2v) is 3.58. The number of hydrogen-bond acceptors (Lipinski definition) is 3. The van der Waals surface area contributed by atoms with Gasteiger partial charge in [0.15, 0.2) is 0 Å². The van der Waals surface area contributed by atoms with Crippen molar-refractivity contribution in [3.8, 4) is 0 Å². The quantitative estimate of drug-likeness (QED) is 0.511. The summed E-state index contributed by atoms with van der Waals surface area (Å²) in [7, 11) is 0. The van der Waals surface area contributed by atoms with Crippen LogP contribution in [0.15, 0.2) is 29.5 Å². The molecule has 0 spiro atoms. The molecule has 1 rings (SSSR count). The Bertz CT molecular complexity index is 219. The zero-order valence-corrected chi connectivity index (χ0v) is 8.57. The van der Waals surface area contributed by atoms with Crippen LogP contribution in [0, 0.1) is 0 Å². The van der Waals surface area contributed by atoms with E-state index >= 15 is 0 Å². The van der Waals surface area contributed by atoms with Crippen LogP contribution in [0.25, 0.3) is 0 Å². The molecule has 0 aliphatic heterocycles. The zero-order chi connectivity index (χ0) is 9.36. The van der Waals surface area contributed by atoms with Crippen molar-refractivity contribution >= 4 is 11.3 Å². The van der Waals surface area contributed by atoms with E-state index in [-0.39, 0.29) is 0 Å². The normalized spacial score (nSPS) is 10.2. The van der Waals surface area contributed by atoms with Crippen molar-refractivity contribution in [2.45, 2.75) is 6.54 Å². The Morgan fingerprint density at radius 1 is 1.38 bits per heavy atom. The van der Waals surface area contributed by atoms with Gasteiger partial charge in [-0.05, 0) is 22.4 Å². The van der Waals surface area contributed by atoms with Gasteiger partial charge in [-0.1, -0.05) is 6.08 Å². The first kappa shape index (κ1) is 10.4. The highest BCUT2D eigenvalue weighted by Crippen LogP contribution is 2.04. The molecule has 0 amide bonds. The molecule has 0 atom stereocenters. The van der Waals surface area contributed by atoms with Crippen molar-refractivity contribution in [2.75, 3.05) is 19.6 Å². The molecule has 0 radical (unpaired) electrons. The summed E-state index contributed by atoms with van der Waals surface area (Å²) in [5.41, 5.74) is 1.37. The van der Waals surface area contributed by atoms with Crippen LogP contribution < -0.4 is 10.6 Å². The monoisotopic (exact) mass is 196 g/mol. The minimum atomic E-state index is 0.889. The van der Waals surface area contributed by atoms with E-state index in [0.29, 0.717) is 0 Å². The van der Waals surface area contributed by atoms with Crippen molar-refractivity contribution < 1.29 is 0 Å². The van der Waals surface area contributed by atoms with Crippen molar-refractivity contribution in [3.05, 3.63) is 35.0 Å². The van der Waals surface area contributed by atoms with Crippen molar-refractivity contribution in [2.24, 2.45) is 0 Å². The topological polar surface area (TPSA) is 24.1 Å². The molecule has 1 aromatic heterocycles. The van der Waals surface area contributed by atoms with E-state index in [0.717, 1.165) is 26.2 Å². The van der Waals surface area contributed by atoms with Gasteiger partial charge in [-0.15, -0.1) is 6.58 Å². The molecule has 0 saturated carbocycles. The van der Waals surface area contributed by atoms with Gasteiger partial charge in [-0.25, -0.2) is 0 Å². The molecule has 2 N–H and O–H groups in total. The van der Waals surface area contributed by atoms with Crippen LogP contribution in [0.4, 0.5) is 0 Å². The molecule has 0 fully saturated rings.